The van der Waals surface area contributed by atoms with Gasteiger partial charge in [0, 0.05) is 38.2 Å². The van der Waals surface area contributed by atoms with Crippen LogP contribution in [0.5, 0.6) is 46.0 Å². The Balaban J connectivity index is 1.59. The lowest BCUT2D eigenvalue weighted by Crippen LogP contribution is -2.45. The van der Waals surface area contributed by atoms with Crippen molar-refractivity contribution in [2.24, 2.45) is 0 Å². The molecular weight excluding hydrogens is 620 g/mol. The Morgan fingerprint density at radius 2 is 1.08 bits per heavy atom. The molecule has 4 aromatic rings. The Kier molecular flexibility index (Phi) is 8.57. The molecule has 11 heteroatoms. The minimum Gasteiger partial charge on any atom is -0.497 e. The van der Waals surface area contributed by atoms with E-state index in [0.29, 0.717) is 17.2 Å². The Morgan fingerprint density at radius 3 is 1.60 bits per heavy atom. The number of benzene rings is 4. The highest BCUT2D eigenvalue weighted by Crippen LogP contribution is 2.57. The summed E-state index contributed by atoms with van der Waals surface area (Å²) in [5.74, 6) is -0.0652. The minimum atomic E-state index is -1.80. The van der Waals surface area contributed by atoms with Gasteiger partial charge in [-0.25, -0.2) is 0 Å². The average molecular weight is 657 g/mol. The predicted octanol–water partition coefficient (Wildman–Crippen LogP) is 5.61. The summed E-state index contributed by atoms with van der Waals surface area (Å²) in [6.45, 7) is 0. The van der Waals surface area contributed by atoms with Crippen LogP contribution >= 0.6 is 0 Å². The number of fused-ring (bicyclic) bond motifs is 2. The molecule has 0 unspecified atom stereocenters. The van der Waals surface area contributed by atoms with Crippen LogP contribution in [0, 0.1) is 0 Å². The number of hydrogen-bond donors (Lipinski definition) is 0. The lowest BCUT2D eigenvalue weighted by atomic mass is 9.80. The van der Waals surface area contributed by atoms with E-state index in [1.165, 1.54) is 35.5 Å². The zero-order chi connectivity index (χ0) is 34.2. The molecule has 0 N–H and O–H groups in total. The van der Waals surface area contributed by atoms with Gasteiger partial charge in [-0.15, -0.1) is 0 Å². The molecule has 6 rings (SSSR count). The first kappa shape index (κ1) is 32.5. The van der Waals surface area contributed by atoms with E-state index in [4.69, 9.17) is 42.6 Å². The molecule has 0 saturated heterocycles. The van der Waals surface area contributed by atoms with Gasteiger partial charge in [0.25, 0.3) is 5.79 Å². The monoisotopic (exact) mass is 656 g/mol. The largest absolute Gasteiger partial charge is 0.497 e. The number of rotatable bonds is 12. The third kappa shape index (κ3) is 5.11. The number of Topliss-reactive ketones (excluding diaryl/α,β-unsaturated/α-hetero) is 2. The van der Waals surface area contributed by atoms with Gasteiger partial charge in [-0.3, -0.25) is 9.59 Å². The fourth-order valence-electron chi connectivity index (χ4n) is 6.36. The highest BCUT2D eigenvalue weighted by atomic mass is 16.7. The number of carbonyl (C=O) groups is 2. The molecule has 0 aliphatic carbocycles. The van der Waals surface area contributed by atoms with Gasteiger partial charge in [-0.2, -0.15) is 0 Å². The van der Waals surface area contributed by atoms with E-state index in [1.807, 2.05) is 24.3 Å². The van der Waals surface area contributed by atoms with Crippen molar-refractivity contribution in [3.8, 4) is 46.0 Å². The second-order valence-electron chi connectivity index (χ2n) is 11.3. The molecule has 4 aromatic carbocycles. The average Bonchev–Trinajstić information content (AvgIpc) is 3.57. The molecule has 2 aliphatic rings. The van der Waals surface area contributed by atoms with Crippen LogP contribution in [-0.2, 0) is 23.2 Å². The molecule has 0 aromatic heterocycles. The molecule has 2 atom stereocenters. The molecule has 0 amide bonds. The molecule has 0 fully saturated rings. The van der Waals surface area contributed by atoms with E-state index in [1.54, 1.807) is 56.7 Å². The van der Waals surface area contributed by atoms with E-state index in [9.17, 15) is 9.59 Å². The number of methoxy groups -OCH3 is 7. The van der Waals surface area contributed by atoms with Crippen molar-refractivity contribution in [1.82, 2.24) is 0 Å². The first-order valence-corrected chi connectivity index (χ1v) is 15.1. The quantitative estimate of drug-likeness (QED) is 0.189. The summed E-state index contributed by atoms with van der Waals surface area (Å²) in [6, 6.07) is 19.3. The van der Waals surface area contributed by atoms with Crippen LogP contribution in [0.1, 0.15) is 37.4 Å². The normalized spacial score (nSPS) is 19.1. The lowest BCUT2D eigenvalue weighted by Gasteiger charge is -2.32. The lowest BCUT2D eigenvalue weighted by molar-refractivity contribution is -0.118. The summed E-state index contributed by atoms with van der Waals surface area (Å²) in [7, 11) is 10.4. The van der Waals surface area contributed by atoms with Crippen LogP contribution in [0.25, 0.3) is 0 Å². The summed E-state index contributed by atoms with van der Waals surface area (Å²) < 4.78 is 52.7. The summed E-state index contributed by atoms with van der Waals surface area (Å²) >= 11 is 0. The summed E-state index contributed by atoms with van der Waals surface area (Å²) in [5.41, 5.74) is 0.170. The topological polar surface area (TPSA) is 117 Å². The molecule has 2 aliphatic heterocycles. The van der Waals surface area contributed by atoms with Crippen molar-refractivity contribution in [2.75, 3.05) is 49.8 Å². The van der Waals surface area contributed by atoms with Gasteiger partial charge in [0.1, 0.15) is 57.1 Å². The van der Waals surface area contributed by atoms with Gasteiger partial charge >= 0.3 is 0 Å². The van der Waals surface area contributed by atoms with E-state index in [0.717, 1.165) is 11.1 Å². The fraction of sp³-hybridized carbons (Fsp3) is 0.297. The van der Waals surface area contributed by atoms with Crippen molar-refractivity contribution < 1.29 is 52.2 Å². The van der Waals surface area contributed by atoms with Gasteiger partial charge < -0.3 is 42.6 Å². The van der Waals surface area contributed by atoms with Crippen molar-refractivity contribution in [2.45, 2.75) is 24.2 Å². The molecule has 0 spiro atoms. The second-order valence-corrected chi connectivity index (χ2v) is 11.3. The first-order chi connectivity index (χ1) is 23.2. The number of hydrogen-bond acceptors (Lipinski definition) is 11. The Morgan fingerprint density at radius 1 is 0.542 bits per heavy atom. The maximum atomic E-state index is 15.0. The van der Waals surface area contributed by atoms with E-state index >= 15 is 0 Å². The standard InChI is InChI=1S/C37H36O11/c1-40-23-12-8-21(9-13-23)19-36(34(38)30-26(43-4)16-25(42-3)17-28(30)47-36)32-29(45-6)18-27(44-5)31-33(32)48-37(46-7,35(31)39)20-22-10-14-24(41-2)15-11-22/h8-18H,19-20H2,1-7H3/t36-,37+/m1/s1. The molecule has 0 radical (unpaired) electrons. The molecule has 0 bridgehead atoms. The van der Waals surface area contributed by atoms with Crippen molar-refractivity contribution in [1.29, 1.82) is 0 Å². The number of carbonyl (C=O) groups excluding carboxylic acids is 2. The molecule has 2 heterocycles. The molecule has 48 heavy (non-hydrogen) atoms. The Hall–Kier alpha value is -5.42. The number of ether oxygens (including phenoxy) is 9. The van der Waals surface area contributed by atoms with Gasteiger partial charge in [0.15, 0.2) is 0 Å². The van der Waals surface area contributed by atoms with Crippen LogP contribution in [0.3, 0.4) is 0 Å². The third-order valence-electron chi connectivity index (χ3n) is 8.80. The smallest absolute Gasteiger partial charge is 0.279 e. The predicted molar refractivity (Wildman–Crippen MR) is 174 cm³/mol. The molecular formula is C37H36O11. The van der Waals surface area contributed by atoms with Gasteiger partial charge in [0.2, 0.25) is 17.2 Å². The van der Waals surface area contributed by atoms with E-state index in [-0.39, 0.29) is 58.3 Å². The zero-order valence-electron chi connectivity index (χ0n) is 27.8. The van der Waals surface area contributed by atoms with Crippen LogP contribution in [0.15, 0.2) is 66.7 Å². The van der Waals surface area contributed by atoms with E-state index in [2.05, 4.69) is 0 Å². The van der Waals surface area contributed by atoms with Crippen LogP contribution in [-0.4, -0.2) is 67.1 Å². The van der Waals surface area contributed by atoms with Crippen molar-refractivity contribution in [3.63, 3.8) is 0 Å². The van der Waals surface area contributed by atoms with Crippen LogP contribution in [0.2, 0.25) is 0 Å². The molecule has 0 saturated carbocycles. The zero-order valence-corrected chi connectivity index (χ0v) is 27.8. The second kappa shape index (κ2) is 12.6. The fourth-order valence-corrected chi connectivity index (χ4v) is 6.36. The highest BCUT2D eigenvalue weighted by molar-refractivity contribution is 6.14. The SMILES string of the molecule is COc1ccc(C[C@]2(OC)Oc3c(c(OC)cc(OC)c3[C@@]3(Cc4ccc(OC)cc4)Oc4cc(OC)cc(OC)c4C3=O)C2=O)cc1. The first-order valence-electron chi connectivity index (χ1n) is 15.1. The maximum absolute atomic E-state index is 15.0. The minimum absolute atomic E-state index is 0.0150. The van der Waals surface area contributed by atoms with Crippen LogP contribution in [0.4, 0.5) is 0 Å². The van der Waals surface area contributed by atoms with Gasteiger partial charge in [-0.1, -0.05) is 24.3 Å². The molecule has 250 valence electrons. The van der Waals surface area contributed by atoms with Gasteiger partial charge in [0.05, 0.1) is 48.2 Å². The molecule has 11 nitrogen and oxygen atoms in total. The summed E-state index contributed by atoms with van der Waals surface area (Å²) in [4.78, 5) is 29.4. The third-order valence-corrected chi connectivity index (χ3v) is 8.80. The van der Waals surface area contributed by atoms with E-state index < -0.39 is 23.0 Å². The van der Waals surface area contributed by atoms with Crippen molar-refractivity contribution in [3.05, 3.63) is 94.5 Å². The summed E-state index contributed by atoms with van der Waals surface area (Å²) in [6.07, 6.45) is 0.0541. The summed E-state index contributed by atoms with van der Waals surface area (Å²) in [5, 5.41) is 0. The highest BCUT2D eigenvalue weighted by Gasteiger charge is 2.59. The van der Waals surface area contributed by atoms with Crippen LogP contribution < -0.4 is 37.9 Å². The van der Waals surface area contributed by atoms with Crippen molar-refractivity contribution >= 4 is 11.6 Å². The maximum Gasteiger partial charge on any atom is 0.279 e. The van der Waals surface area contributed by atoms with Gasteiger partial charge in [-0.05, 0) is 35.4 Å². The Bertz CT molecular complexity index is 1870. The number of ketones is 2. The Labute approximate surface area is 278 Å².